The molecular formula is C24H21FN2O4. The molecule has 0 saturated carbocycles. The van der Waals surface area contributed by atoms with Gasteiger partial charge in [0.1, 0.15) is 12.4 Å². The first-order chi connectivity index (χ1) is 14.8. The van der Waals surface area contributed by atoms with Crippen molar-refractivity contribution in [2.75, 3.05) is 13.7 Å². The van der Waals surface area contributed by atoms with Crippen molar-refractivity contribution in [2.24, 2.45) is 0 Å². The van der Waals surface area contributed by atoms with Gasteiger partial charge < -0.3 is 9.84 Å². The zero-order valence-electron chi connectivity index (χ0n) is 17.1. The molecule has 3 aromatic rings. The number of pyridine rings is 1. The quantitative estimate of drug-likeness (QED) is 0.662. The molecule has 1 aliphatic carbocycles. The second kappa shape index (κ2) is 7.83. The highest BCUT2D eigenvalue weighted by molar-refractivity contribution is 5.85. The number of fused-ring (bicyclic) bond motifs is 3. The lowest BCUT2D eigenvalue weighted by Gasteiger charge is -2.34. The van der Waals surface area contributed by atoms with E-state index in [9.17, 15) is 19.1 Å². The maximum absolute atomic E-state index is 13.3. The fourth-order valence-electron chi connectivity index (χ4n) is 3.96. The van der Waals surface area contributed by atoms with Crippen LogP contribution in [-0.4, -0.2) is 40.7 Å². The summed E-state index contributed by atoms with van der Waals surface area (Å²) in [5, 5.41) is 9.83. The van der Waals surface area contributed by atoms with E-state index < -0.39 is 23.4 Å². The van der Waals surface area contributed by atoms with Crippen LogP contribution in [0, 0.1) is 5.82 Å². The van der Waals surface area contributed by atoms with Gasteiger partial charge in [0.15, 0.2) is 5.54 Å². The molecule has 0 saturated heterocycles. The van der Waals surface area contributed by atoms with Crippen LogP contribution >= 0.6 is 0 Å². The SMILES string of the molecule is CN(C(=O)OCC1c2ccccc2-c2ccccc21)C(C)(C(=O)O)c1ccc(F)cn1. The number of carbonyl (C=O) groups excluding carboxylic acids is 1. The Balaban J connectivity index is 1.57. The number of aliphatic carboxylic acids is 1. The number of hydrogen-bond donors (Lipinski definition) is 1. The van der Waals surface area contributed by atoms with E-state index in [1.54, 1.807) is 0 Å². The van der Waals surface area contributed by atoms with Crippen LogP contribution in [0.5, 0.6) is 0 Å². The number of benzene rings is 2. The van der Waals surface area contributed by atoms with E-state index in [-0.39, 0.29) is 18.2 Å². The summed E-state index contributed by atoms with van der Waals surface area (Å²) >= 11 is 0. The Labute approximate surface area is 178 Å². The van der Waals surface area contributed by atoms with Gasteiger partial charge in [0.05, 0.1) is 11.9 Å². The van der Waals surface area contributed by atoms with Gasteiger partial charge in [0, 0.05) is 13.0 Å². The van der Waals surface area contributed by atoms with Gasteiger partial charge in [0.2, 0.25) is 0 Å². The Hall–Kier alpha value is -3.74. The van der Waals surface area contributed by atoms with Crippen LogP contribution in [0.3, 0.4) is 0 Å². The van der Waals surface area contributed by atoms with Crippen molar-refractivity contribution in [3.8, 4) is 11.1 Å². The van der Waals surface area contributed by atoms with E-state index >= 15 is 0 Å². The molecule has 7 heteroatoms. The number of nitrogens with zero attached hydrogens (tertiary/aromatic N) is 2. The van der Waals surface area contributed by atoms with Crippen LogP contribution < -0.4 is 0 Å². The Kier molecular flexibility index (Phi) is 5.19. The molecule has 0 bridgehead atoms. The smallest absolute Gasteiger partial charge is 0.410 e. The number of likely N-dealkylation sites (N-methyl/N-ethyl adjacent to an activating group) is 1. The molecule has 1 N–H and O–H groups in total. The van der Waals surface area contributed by atoms with Gasteiger partial charge in [-0.1, -0.05) is 48.5 Å². The Morgan fingerprint density at radius 1 is 1.06 bits per heavy atom. The Bertz CT molecular complexity index is 1100. The van der Waals surface area contributed by atoms with E-state index in [0.29, 0.717) is 0 Å². The minimum Gasteiger partial charge on any atom is -0.479 e. The maximum atomic E-state index is 13.3. The number of hydrogen-bond acceptors (Lipinski definition) is 4. The molecule has 6 nitrogen and oxygen atoms in total. The number of amides is 1. The molecule has 1 amide bonds. The normalized spacial score (nSPS) is 14.3. The van der Waals surface area contributed by atoms with Crippen LogP contribution in [0.1, 0.15) is 29.7 Å². The van der Waals surface area contributed by atoms with Crippen LogP contribution in [-0.2, 0) is 15.1 Å². The molecule has 1 unspecified atom stereocenters. The van der Waals surface area contributed by atoms with Gasteiger partial charge in [-0.2, -0.15) is 0 Å². The van der Waals surface area contributed by atoms with Crippen LogP contribution in [0.15, 0.2) is 66.9 Å². The molecule has 158 valence electrons. The predicted octanol–water partition coefficient (Wildman–Crippen LogP) is 4.40. The standard InChI is InChI=1S/C24H21FN2O4/c1-24(22(28)29,21-12-11-15(25)13-26-21)27(2)23(30)31-14-20-18-9-5-3-7-16(18)17-8-4-6-10-19(17)20/h3-13,20H,14H2,1-2H3,(H,28,29). The topological polar surface area (TPSA) is 79.7 Å². The lowest BCUT2D eigenvalue weighted by atomic mass is 9.95. The van der Waals surface area contributed by atoms with E-state index in [1.165, 1.54) is 20.0 Å². The van der Waals surface area contributed by atoms with Crippen molar-refractivity contribution in [3.63, 3.8) is 0 Å². The van der Waals surface area contributed by atoms with Gasteiger partial charge >= 0.3 is 12.1 Å². The predicted molar refractivity (Wildman–Crippen MR) is 112 cm³/mol. The van der Waals surface area contributed by atoms with Crippen molar-refractivity contribution in [3.05, 3.63) is 89.5 Å². The summed E-state index contributed by atoms with van der Waals surface area (Å²) in [7, 11) is 1.33. The summed E-state index contributed by atoms with van der Waals surface area (Å²) in [6.07, 6.45) is 0.111. The molecule has 2 aromatic carbocycles. The number of ether oxygens (including phenoxy) is 1. The molecule has 0 aliphatic heterocycles. The number of carboxylic acid groups (broad SMARTS) is 1. The van der Waals surface area contributed by atoms with Crippen molar-refractivity contribution >= 4 is 12.1 Å². The Morgan fingerprint density at radius 2 is 1.65 bits per heavy atom. The summed E-state index contributed by atoms with van der Waals surface area (Å²) in [6, 6.07) is 18.2. The summed E-state index contributed by atoms with van der Waals surface area (Å²) in [4.78, 5) is 29.8. The fraction of sp³-hybridized carbons (Fsp3) is 0.208. The zero-order valence-corrected chi connectivity index (χ0v) is 17.1. The van der Waals surface area contributed by atoms with Gasteiger partial charge in [0.25, 0.3) is 0 Å². The molecule has 0 fully saturated rings. The maximum Gasteiger partial charge on any atom is 0.410 e. The molecule has 31 heavy (non-hydrogen) atoms. The minimum atomic E-state index is -1.82. The monoisotopic (exact) mass is 420 g/mol. The molecule has 4 rings (SSSR count). The van der Waals surface area contributed by atoms with Crippen molar-refractivity contribution in [1.29, 1.82) is 0 Å². The molecule has 1 aromatic heterocycles. The van der Waals surface area contributed by atoms with E-state index in [4.69, 9.17) is 4.74 Å². The second-order valence-corrected chi connectivity index (χ2v) is 7.60. The van der Waals surface area contributed by atoms with E-state index in [1.807, 2.05) is 48.5 Å². The van der Waals surface area contributed by atoms with E-state index in [0.717, 1.165) is 39.4 Å². The first kappa shape index (κ1) is 20.5. The summed E-state index contributed by atoms with van der Waals surface area (Å²) < 4.78 is 18.8. The number of halogens is 1. The first-order valence-corrected chi connectivity index (χ1v) is 9.78. The zero-order chi connectivity index (χ0) is 22.2. The minimum absolute atomic E-state index is 0.0254. The van der Waals surface area contributed by atoms with Gasteiger partial charge in [-0.05, 0) is 41.3 Å². The van der Waals surface area contributed by atoms with Crippen molar-refractivity contribution in [2.45, 2.75) is 18.4 Å². The third kappa shape index (κ3) is 3.42. The summed E-state index contributed by atoms with van der Waals surface area (Å²) in [6.45, 7) is 1.39. The summed E-state index contributed by atoms with van der Waals surface area (Å²) in [5.41, 5.74) is 2.51. The average molecular weight is 420 g/mol. The largest absolute Gasteiger partial charge is 0.479 e. The third-order valence-corrected chi connectivity index (χ3v) is 5.92. The molecule has 1 atom stereocenters. The highest BCUT2D eigenvalue weighted by Gasteiger charge is 2.44. The number of aromatic nitrogens is 1. The fourth-order valence-corrected chi connectivity index (χ4v) is 3.96. The average Bonchev–Trinajstić information content (AvgIpc) is 3.10. The molecular weight excluding hydrogens is 399 g/mol. The highest BCUT2D eigenvalue weighted by atomic mass is 19.1. The van der Waals surface area contributed by atoms with Gasteiger partial charge in [-0.25, -0.2) is 14.0 Å². The van der Waals surface area contributed by atoms with Crippen LogP contribution in [0.2, 0.25) is 0 Å². The Morgan fingerprint density at radius 3 is 2.16 bits per heavy atom. The summed E-state index contributed by atoms with van der Waals surface area (Å²) in [5.74, 6) is -2.05. The third-order valence-electron chi connectivity index (χ3n) is 5.92. The van der Waals surface area contributed by atoms with Crippen LogP contribution in [0.25, 0.3) is 11.1 Å². The molecule has 1 heterocycles. The second-order valence-electron chi connectivity index (χ2n) is 7.60. The van der Waals surface area contributed by atoms with Crippen molar-refractivity contribution < 1.29 is 23.8 Å². The lowest BCUT2D eigenvalue weighted by molar-refractivity contribution is -0.149. The molecule has 0 spiro atoms. The van der Waals surface area contributed by atoms with Gasteiger partial charge in [-0.3, -0.25) is 9.88 Å². The highest BCUT2D eigenvalue weighted by Crippen LogP contribution is 2.44. The number of carbonyl (C=O) groups is 2. The number of carboxylic acids is 1. The van der Waals surface area contributed by atoms with Crippen LogP contribution in [0.4, 0.5) is 9.18 Å². The molecule has 1 aliphatic rings. The number of rotatable bonds is 5. The van der Waals surface area contributed by atoms with Crippen molar-refractivity contribution in [1.82, 2.24) is 9.88 Å². The molecule has 0 radical (unpaired) electrons. The first-order valence-electron chi connectivity index (χ1n) is 9.78. The lowest BCUT2D eigenvalue weighted by Crippen LogP contribution is -2.51. The van der Waals surface area contributed by atoms with Gasteiger partial charge in [-0.15, -0.1) is 0 Å². The van der Waals surface area contributed by atoms with E-state index in [2.05, 4.69) is 4.98 Å².